The summed E-state index contributed by atoms with van der Waals surface area (Å²) in [7, 11) is 0. The number of carbonyl (C=O) groups is 1. The molecule has 0 spiro atoms. The minimum atomic E-state index is -1.01. The second kappa shape index (κ2) is 13.2. The number of hydrogen-bond donors (Lipinski definition) is 4. The van der Waals surface area contributed by atoms with Crippen LogP contribution in [-0.4, -0.2) is 41.7 Å². The van der Waals surface area contributed by atoms with Crippen LogP contribution in [-0.2, 0) is 25.9 Å². The Labute approximate surface area is 270 Å². The molecule has 4 N–H and O–H groups in total. The zero-order valence-corrected chi connectivity index (χ0v) is 25.9. The summed E-state index contributed by atoms with van der Waals surface area (Å²) < 4.78 is 4.03. The SMILES string of the molecule is CCc1c(C(=O)O)c2cccc(O)c2n1Cc1cccc(O)c1.Cc1c(CC2N=NN=N2)c2c(O)cccc2n1Cc1ccccc1. The van der Waals surface area contributed by atoms with E-state index >= 15 is 0 Å². The number of nitrogens with zero attached hydrogens (tertiary/aromatic N) is 6. The van der Waals surface area contributed by atoms with Crippen molar-refractivity contribution in [2.45, 2.75) is 45.9 Å². The van der Waals surface area contributed by atoms with Gasteiger partial charge in [-0.3, -0.25) is 0 Å². The number of para-hydroxylation sites is 1. The molecule has 0 amide bonds. The fraction of sp³-hybridized carbons (Fsp3) is 0.194. The Morgan fingerprint density at radius 3 is 2.15 bits per heavy atom. The van der Waals surface area contributed by atoms with Crippen molar-refractivity contribution in [3.8, 4) is 17.2 Å². The number of phenolic OH excluding ortho intramolecular Hbond substituents is 3. The van der Waals surface area contributed by atoms with Crippen molar-refractivity contribution in [3.63, 3.8) is 0 Å². The van der Waals surface area contributed by atoms with Gasteiger partial charge in [0.15, 0.2) is 6.17 Å². The van der Waals surface area contributed by atoms with Crippen LogP contribution in [0.1, 0.15) is 45.4 Å². The highest BCUT2D eigenvalue weighted by Gasteiger charge is 2.23. The number of rotatable bonds is 8. The van der Waals surface area contributed by atoms with Gasteiger partial charge in [0.2, 0.25) is 0 Å². The van der Waals surface area contributed by atoms with Crippen molar-refractivity contribution in [2.75, 3.05) is 0 Å². The Balaban J connectivity index is 0.000000165. The van der Waals surface area contributed by atoms with Crippen molar-refractivity contribution in [2.24, 2.45) is 20.7 Å². The molecule has 3 heterocycles. The first kappa shape index (κ1) is 31.0. The molecule has 238 valence electrons. The maximum Gasteiger partial charge on any atom is 0.338 e. The Bertz CT molecular complexity index is 2140. The fourth-order valence-electron chi connectivity index (χ4n) is 6.32. The molecular formula is C36H34N6O5. The van der Waals surface area contributed by atoms with Crippen LogP contribution >= 0.6 is 0 Å². The molecule has 4 aromatic carbocycles. The van der Waals surface area contributed by atoms with Crippen LogP contribution in [0.5, 0.6) is 17.2 Å². The van der Waals surface area contributed by atoms with Crippen LogP contribution < -0.4 is 0 Å². The average Bonchev–Trinajstić information content (AvgIpc) is 3.76. The first-order valence-electron chi connectivity index (χ1n) is 15.2. The van der Waals surface area contributed by atoms with Crippen LogP contribution in [0.3, 0.4) is 0 Å². The number of aromatic carboxylic acids is 1. The van der Waals surface area contributed by atoms with Crippen LogP contribution in [0, 0.1) is 6.92 Å². The van der Waals surface area contributed by atoms with Gasteiger partial charge in [-0.2, -0.15) is 0 Å². The molecule has 6 aromatic rings. The van der Waals surface area contributed by atoms with Crippen molar-refractivity contribution in [1.29, 1.82) is 0 Å². The van der Waals surface area contributed by atoms with Crippen molar-refractivity contribution < 1.29 is 25.2 Å². The lowest BCUT2D eigenvalue weighted by Crippen LogP contribution is -2.07. The first-order chi connectivity index (χ1) is 22.8. The summed E-state index contributed by atoms with van der Waals surface area (Å²) in [5.74, 6) is -0.527. The molecule has 0 bridgehead atoms. The maximum absolute atomic E-state index is 11.7. The van der Waals surface area contributed by atoms with E-state index in [1.807, 2.05) is 47.9 Å². The molecule has 11 nitrogen and oxygen atoms in total. The molecule has 0 fully saturated rings. The van der Waals surface area contributed by atoms with E-state index in [0.717, 1.165) is 34.3 Å². The molecule has 0 radical (unpaired) electrons. The van der Waals surface area contributed by atoms with Gasteiger partial charge >= 0.3 is 5.97 Å². The maximum atomic E-state index is 11.7. The highest BCUT2D eigenvalue weighted by atomic mass is 16.4. The van der Waals surface area contributed by atoms with Crippen LogP contribution in [0.4, 0.5) is 0 Å². The smallest absolute Gasteiger partial charge is 0.338 e. The average molecular weight is 631 g/mol. The molecule has 0 aliphatic carbocycles. The summed E-state index contributed by atoms with van der Waals surface area (Å²) in [5, 5.41) is 56.4. The summed E-state index contributed by atoms with van der Waals surface area (Å²) in [6.45, 7) is 5.08. The summed E-state index contributed by atoms with van der Waals surface area (Å²) in [4.78, 5) is 11.7. The lowest BCUT2D eigenvalue weighted by atomic mass is 10.1. The summed E-state index contributed by atoms with van der Waals surface area (Å²) >= 11 is 0. The number of hydrogen-bond acceptors (Lipinski definition) is 8. The second-order valence-corrected chi connectivity index (χ2v) is 11.3. The molecular weight excluding hydrogens is 596 g/mol. The third-order valence-corrected chi connectivity index (χ3v) is 8.40. The standard InChI is InChI=1S/C18H17N5O.C18H17NO4/c1-12-14(10-17-19-21-22-20-17)18-15(8-5-9-16(18)24)23(12)11-13-6-3-2-4-7-13;1-2-14-16(18(22)23)13-7-4-8-15(21)17(13)19(14)10-11-5-3-6-12(20)9-11/h2-9,17,24H,10-11H2,1H3;3-9,20-21H,2,10H2,1H3,(H,22,23). The van der Waals surface area contributed by atoms with E-state index in [1.165, 1.54) is 5.56 Å². The third kappa shape index (κ3) is 6.15. The van der Waals surface area contributed by atoms with Gasteiger partial charge in [-0.15, -0.1) is 10.2 Å². The quantitative estimate of drug-likeness (QED) is 0.135. The lowest BCUT2D eigenvalue weighted by Gasteiger charge is -2.11. The minimum Gasteiger partial charge on any atom is -0.508 e. The number of phenols is 3. The number of aromatic hydroxyl groups is 3. The molecule has 11 heteroatoms. The van der Waals surface area contributed by atoms with E-state index in [4.69, 9.17) is 0 Å². The molecule has 2 aromatic heterocycles. The first-order valence-corrected chi connectivity index (χ1v) is 15.2. The number of carboxylic acid groups (broad SMARTS) is 1. The highest BCUT2D eigenvalue weighted by Crippen LogP contribution is 2.36. The largest absolute Gasteiger partial charge is 0.508 e. The molecule has 0 unspecified atom stereocenters. The van der Waals surface area contributed by atoms with E-state index in [0.29, 0.717) is 36.0 Å². The molecule has 47 heavy (non-hydrogen) atoms. The number of fused-ring (bicyclic) bond motifs is 2. The predicted octanol–water partition coefficient (Wildman–Crippen LogP) is 7.77. The number of aromatic nitrogens is 2. The van der Waals surface area contributed by atoms with Crippen molar-refractivity contribution >= 4 is 27.8 Å². The van der Waals surface area contributed by atoms with E-state index in [-0.39, 0.29) is 29.0 Å². The number of benzene rings is 4. The Morgan fingerprint density at radius 1 is 0.787 bits per heavy atom. The zero-order valence-electron chi connectivity index (χ0n) is 25.9. The summed E-state index contributed by atoms with van der Waals surface area (Å²) in [6.07, 6.45) is 0.794. The zero-order chi connectivity index (χ0) is 33.1. The second-order valence-electron chi connectivity index (χ2n) is 11.3. The molecule has 7 rings (SSSR count). The van der Waals surface area contributed by atoms with E-state index < -0.39 is 5.97 Å². The van der Waals surface area contributed by atoms with Gasteiger partial charge in [-0.25, -0.2) is 4.79 Å². The third-order valence-electron chi connectivity index (χ3n) is 8.40. The normalized spacial score (nSPS) is 12.6. The Kier molecular flexibility index (Phi) is 8.70. The number of carboxylic acids is 1. The van der Waals surface area contributed by atoms with Crippen LogP contribution in [0.25, 0.3) is 21.8 Å². The van der Waals surface area contributed by atoms with Crippen LogP contribution in [0.2, 0.25) is 0 Å². The van der Waals surface area contributed by atoms with Gasteiger partial charge in [0.05, 0.1) is 16.6 Å². The highest BCUT2D eigenvalue weighted by molar-refractivity contribution is 6.06. The van der Waals surface area contributed by atoms with Gasteiger partial charge in [0, 0.05) is 41.7 Å². The lowest BCUT2D eigenvalue weighted by molar-refractivity contribution is 0.0697. The van der Waals surface area contributed by atoms with E-state index in [9.17, 15) is 25.2 Å². The topological polar surface area (TPSA) is 157 Å². The molecule has 0 saturated carbocycles. The van der Waals surface area contributed by atoms with E-state index in [1.54, 1.807) is 42.5 Å². The van der Waals surface area contributed by atoms with Gasteiger partial charge in [-0.1, -0.05) is 67.6 Å². The van der Waals surface area contributed by atoms with Crippen molar-refractivity contribution in [3.05, 3.63) is 125 Å². The predicted molar refractivity (Wildman–Crippen MR) is 178 cm³/mol. The monoisotopic (exact) mass is 630 g/mol. The van der Waals surface area contributed by atoms with Crippen molar-refractivity contribution in [1.82, 2.24) is 9.13 Å². The minimum absolute atomic E-state index is 0.0462. The summed E-state index contributed by atoms with van der Waals surface area (Å²) in [6, 6.07) is 27.6. The van der Waals surface area contributed by atoms with Gasteiger partial charge in [0.25, 0.3) is 0 Å². The fourth-order valence-corrected chi connectivity index (χ4v) is 6.32. The summed E-state index contributed by atoms with van der Waals surface area (Å²) in [5.41, 5.74) is 6.58. The van der Waals surface area contributed by atoms with Gasteiger partial charge in [-0.05, 0) is 70.8 Å². The van der Waals surface area contributed by atoms with E-state index in [2.05, 4.69) is 44.3 Å². The molecule has 1 aliphatic heterocycles. The Morgan fingerprint density at radius 2 is 1.45 bits per heavy atom. The molecule has 0 saturated heterocycles. The van der Waals surface area contributed by atoms with Gasteiger partial charge < -0.3 is 29.6 Å². The van der Waals surface area contributed by atoms with Gasteiger partial charge in [0.1, 0.15) is 17.2 Å². The molecule has 0 atom stereocenters. The van der Waals surface area contributed by atoms with Crippen LogP contribution in [0.15, 0.2) is 112 Å². The molecule has 1 aliphatic rings. The Hall–Kier alpha value is -5.97.